The highest BCUT2D eigenvalue weighted by Gasteiger charge is 2.34. The molecule has 0 bridgehead atoms. The van der Waals surface area contributed by atoms with Crippen molar-refractivity contribution in [1.29, 1.82) is 0 Å². The van der Waals surface area contributed by atoms with Crippen molar-refractivity contribution in [2.45, 2.75) is 19.6 Å². The zero-order chi connectivity index (χ0) is 29.0. The Bertz CT molecular complexity index is 1500. The van der Waals surface area contributed by atoms with Crippen LogP contribution < -0.4 is 16.0 Å². The number of carbonyl (C=O) groups excluding carboxylic acids is 1. The number of aromatic nitrogens is 3. The first kappa shape index (κ1) is 28.1. The maximum atomic E-state index is 14.0. The van der Waals surface area contributed by atoms with Crippen molar-refractivity contribution in [3.8, 4) is 0 Å². The van der Waals surface area contributed by atoms with Crippen molar-refractivity contribution in [2.24, 2.45) is 0 Å². The van der Waals surface area contributed by atoms with E-state index in [0.29, 0.717) is 24.6 Å². The molecule has 1 saturated heterocycles. The molecule has 13 heteroatoms. The maximum absolute atomic E-state index is 14.0. The summed E-state index contributed by atoms with van der Waals surface area (Å²) in [5, 5.41) is 8.51. The quantitative estimate of drug-likeness (QED) is 0.262. The lowest BCUT2D eigenvalue weighted by molar-refractivity contribution is -0.138. The van der Waals surface area contributed by atoms with Gasteiger partial charge in [-0.15, -0.1) is 0 Å². The summed E-state index contributed by atoms with van der Waals surface area (Å²) in [6, 6.07) is 14.6. The van der Waals surface area contributed by atoms with Crippen LogP contribution in [-0.2, 0) is 12.7 Å². The van der Waals surface area contributed by atoms with Gasteiger partial charge in [0.1, 0.15) is 17.5 Å². The van der Waals surface area contributed by atoms with E-state index in [9.17, 15) is 18.0 Å². The molecule has 1 fully saturated rings. The summed E-state index contributed by atoms with van der Waals surface area (Å²) in [4.78, 5) is 29.3. The molecule has 0 saturated carbocycles. The van der Waals surface area contributed by atoms with Gasteiger partial charge in [-0.2, -0.15) is 13.2 Å². The number of anilines is 5. The third-order valence-corrected chi connectivity index (χ3v) is 6.51. The number of carbonyl (C=O) groups is 1. The lowest BCUT2D eigenvalue weighted by atomic mass is 10.0. The van der Waals surface area contributed by atoms with Gasteiger partial charge in [-0.3, -0.25) is 15.0 Å². The van der Waals surface area contributed by atoms with E-state index in [1.165, 1.54) is 18.3 Å². The van der Waals surface area contributed by atoms with Gasteiger partial charge in [0.2, 0.25) is 5.76 Å². The Balaban J connectivity index is 1.29. The Labute approximate surface area is 234 Å². The number of rotatable bonds is 8. The summed E-state index contributed by atoms with van der Waals surface area (Å²) in [6.07, 6.45) is -3.24. The third-order valence-electron chi connectivity index (χ3n) is 6.51. The van der Waals surface area contributed by atoms with Crippen molar-refractivity contribution in [2.75, 3.05) is 49.2 Å². The van der Waals surface area contributed by atoms with E-state index in [1.54, 1.807) is 37.3 Å². The van der Waals surface area contributed by atoms with Crippen LogP contribution in [0.25, 0.3) is 0 Å². The number of alkyl halides is 3. The van der Waals surface area contributed by atoms with Crippen molar-refractivity contribution in [3.05, 3.63) is 83.5 Å². The minimum Gasteiger partial charge on any atom is -0.418 e. The third kappa shape index (κ3) is 7.38. The van der Waals surface area contributed by atoms with Crippen molar-refractivity contribution >= 4 is 34.9 Å². The van der Waals surface area contributed by atoms with Crippen molar-refractivity contribution < 1.29 is 22.4 Å². The molecule has 0 radical (unpaired) electrons. The fourth-order valence-corrected chi connectivity index (χ4v) is 4.41. The predicted molar refractivity (Wildman–Crippen MR) is 148 cm³/mol. The van der Waals surface area contributed by atoms with Crippen LogP contribution in [0.15, 0.2) is 65.2 Å². The molecule has 0 aliphatic carbocycles. The molecule has 0 unspecified atom stereocenters. The Hall–Kier alpha value is -4.49. The molecule has 3 heterocycles. The number of nitrogens with one attached hydrogen (secondary N) is 3. The number of amides is 1. The first-order valence-corrected chi connectivity index (χ1v) is 13.0. The summed E-state index contributed by atoms with van der Waals surface area (Å²) in [6.45, 7) is 4.94. The molecular weight excluding hydrogens is 537 g/mol. The molecule has 1 aliphatic rings. The van der Waals surface area contributed by atoms with E-state index in [0.717, 1.165) is 19.2 Å². The van der Waals surface area contributed by atoms with Crippen LogP contribution >= 0.6 is 0 Å². The van der Waals surface area contributed by atoms with E-state index in [-0.39, 0.29) is 41.2 Å². The van der Waals surface area contributed by atoms with Gasteiger partial charge in [-0.05, 0) is 43.8 Å². The van der Waals surface area contributed by atoms with E-state index >= 15 is 0 Å². The second-order valence-electron chi connectivity index (χ2n) is 9.73. The number of para-hydroxylation sites is 1. The van der Waals surface area contributed by atoms with Gasteiger partial charge in [-0.1, -0.05) is 24.3 Å². The van der Waals surface area contributed by atoms with Crippen LogP contribution in [0, 0.1) is 6.92 Å². The highest BCUT2D eigenvalue weighted by molar-refractivity contribution is 6.02. The lowest BCUT2D eigenvalue weighted by Crippen LogP contribution is -2.44. The monoisotopic (exact) mass is 566 g/mol. The molecule has 5 rings (SSSR count). The molecule has 3 N–H and O–H groups in total. The first-order valence-electron chi connectivity index (χ1n) is 13.0. The molecular formula is C28H29F3N8O2. The fourth-order valence-electron chi connectivity index (χ4n) is 4.41. The number of hydrogen-bond acceptors (Lipinski definition) is 9. The molecule has 4 aromatic rings. The zero-order valence-corrected chi connectivity index (χ0v) is 22.5. The molecule has 0 spiro atoms. The number of aryl methyl sites for hydroxylation is 1. The summed E-state index contributed by atoms with van der Waals surface area (Å²) in [5.41, 5.74) is 0.377. The molecule has 41 heavy (non-hydrogen) atoms. The highest BCUT2D eigenvalue weighted by atomic mass is 19.4. The van der Waals surface area contributed by atoms with Crippen LogP contribution in [0.2, 0.25) is 0 Å². The van der Waals surface area contributed by atoms with Crippen LogP contribution in [0.3, 0.4) is 0 Å². The molecule has 214 valence electrons. The van der Waals surface area contributed by atoms with E-state index in [2.05, 4.69) is 35.8 Å². The summed E-state index contributed by atoms with van der Waals surface area (Å²) in [5.74, 6) is 0.410. The van der Waals surface area contributed by atoms with Gasteiger partial charge in [-0.25, -0.2) is 15.0 Å². The van der Waals surface area contributed by atoms with Gasteiger partial charge in [0.05, 0.1) is 11.8 Å². The average molecular weight is 567 g/mol. The summed E-state index contributed by atoms with van der Waals surface area (Å²) < 4.78 is 47.5. The normalized spacial score (nSPS) is 14.6. The number of oxazole rings is 1. The fraction of sp³-hybridized carbons (Fsp3) is 0.286. The van der Waals surface area contributed by atoms with Gasteiger partial charge in [0.15, 0.2) is 0 Å². The number of piperazine rings is 1. The van der Waals surface area contributed by atoms with E-state index < -0.39 is 17.6 Å². The van der Waals surface area contributed by atoms with Crippen LogP contribution in [0.4, 0.5) is 42.2 Å². The highest BCUT2D eigenvalue weighted by Crippen LogP contribution is 2.35. The summed E-state index contributed by atoms with van der Waals surface area (Å²) in [7, 11) is 2.00. The Kier molecular flexibility index (Phi) is 8.17. The Morgan fingerprint density at radius 2 is 1.66 bits per heavy atom. The average Bonchev–Trinajstić information content (AvgIpc) is 3.39. The molecule has 0 atom stereocenters. The van der Waals surface area contributed by atoms with Crippen LogP contribution in [0.1, 0.15) is 27.5 Å². The minimum atomic E-state index is -4.51. The largest absolute Gasteiger partial charge is 0.418 e. The second kappa shape index (κ2) is 11.9. The smallest absolute Gasteiger partial charge is 0.416 e. The predicted octanol–water partition coefficient (Wildman–Crippen LogP) is 5.28. The molecule has 10 nitrogen and oxygen atoms in total. The van der Waals surface area contributed by atoms with Gasteiger partial charge in [0, 0.05) is 50.2 Å². The zero-order valence-electron chi connectivity index (χ0n) is 22.5. The Morgan fingerprint density at radius 3 is 2.37 bits per heavy atom. The standard InChI is InChI=1S/C28H29F3N8O2/c1-18-33-24(15-25(34-18)37-27-32-16-23(41-27)26(40)36-20-6-4-3-5-7-20)35-21-9-8-19(22(14-21)28(29,30)31)17-39-12-10-38(2)11-13-39/h3-9,14-16H,10-13,17H2,1-2H3,(H,36,40)(H2,32,33,34,35,37). The number of hydrogen-bond donors (Lipinski definition) is 3. The number of benzene rings is 2. The summed E-state index contributed by atoms with van der Waals surface area (Å²) >= 11 is 0. The van der Waals surface area contributed by atoms with Crippen molar-refractivity contribution in [3.63, 3.8) is 0 Å². The molecule has 2 aromatic heterocycles. The lowest BCUT2D eigenvalue weighted by Gasteiger charge is -2.33. The number of likely N-dealkylation sites (N-methyl/N-ethyl adjacent to an activating group) is 1. The minimum absolute atomic E-state index is 0.0138. The number of nitrogens with zero attached hydrogens (tertiary/aromatic N) is 5. The van der Waals surface area contributed by atoms with Crippen LogP contribution in [-0.4, -0.2) is 63.9 Å². The van der Waals surface area contributed by atoms with Gasteiger partial charge in [0.25, 0.3) is 5.91 Å². The topological polar surface area (TPSA) is 111 Å². The SMILES string of the molecule is Cc1nc(Nc2ccc(CN3CCN(C)CC3)c(C(F)(F)F)c2)cc(Nc2ncc(C(=O)Nc3ccccc3)o2)n1. The van der Waals surface area contributed by atoms with Crippen LogP contribution in [0.5, 0.6) is 0 Å². The van der Waals surface area contributed by atoms with Gasteiger partial charge >= 0.3 is 12.2 Å². The van der Waals surface area contributed by atoms with E-state index in [1.807, 2.05) is 18.0 Å². The Morgan fingerprint density at radius 1 is 0.951 bits per heavy atom. The van der Waals surface area contributed by atoms with E-state index in [4.69, 9.17) is 4.42 Å². The van der Waals surface area contributed by atoms with Gasteiger partial charge < -0.3 is 20.0 Å². The molecule has 2 aromatic carbocycles. The molecule has 1 aliphatic heterocycles. The first-order chi connectivity index (χ1) is 19.6. The second-order valence-corrected chi connectivity index (χ2v) is 9.73. The maximum Gasteiger partial charge on any atom is 0.416 e. The molecule has 1 amide bonds. The number of halogens is 3. The van der Waals surface area contributed by atoms with Crippen molar-refractivity contribution in [1.82, 2.24) is 24.8 Å².